The minimum absolute atomic E-state index is 0.0312. The first-order chi connectivity index (χ1) is 8.09. The van der Waals surface area contributed by atoms with Crippen LogP contribution in [-0.2, 0) is 9.59 Å². The van der Waals surface area contributed by atoms with Gasteiger partial charge in [0.15, 0.2) is 0 Å². The van der Waals surface area contributed by atoms with Gasteiger partial charge in [0.05, 0.1) is 17.3 Å². The Hall–Kier alpha value is -1.55. The van der Waals surface area contributed by atoms with Gasteiger partial charge >= 0.3 is 0 Å². The Kier molecular flexibility index (Phi) is 3.33. The van der Waals surface area contributed by atoms with E-state index in [1.165, 1.54) is 0 Å². The molecule has 1 aliphatic rings. The van der Waals surface area contributed by atoms with E-state index in [0.717, 1.165) is 5.56 Å². The Morgan fingerprint density at radius 2 is 2.12 bits per heavy atom. The van der Waals surface area contributed by atoms with Crippen molar-refractivity contribution in [3.63, 3.8) is 0 Å². The molecular weight excluding hydrogens is 240 g/mol. The van der Waals surface area contributed by atoms with Crippen molar-refractivity contribution in [2.75, 3.05) is 18.0 Å². The van der Waals surface area contributed by atoms with Crippen molar-refractivity contribution in [2.45, 2.75) is 13.3 Å². The molecule has 0 aliphatic carbocycles. The standard InChI is InChI=1S/C12H13ClN2O2/c1-8-3-2-4-9(13)12(8)15-6-5-10(16)14-7-11(15)17/h2-4H,5-7H2,1H3,(H,14,16). The lowest BCUT2D eigenvalue weighted by Gasteiger charge is -2.23. The van der Waals surface area contributed by atoms with E-state index < -0.39 is 0 Å². The summed E-state index contributed by atoms with van der Waals surface area (Å²) in [6.45, 7) is 2.30. The van der Waals surface area contributed by atoms with Gasteiger partial charge in [-0.05, 0) is 18.6 Å². The molecule has 1 fully saturated rings. The molecule has 0 saturated carbocycles. The number of hydrogen-bond donors (Lipinski definition) is 1. The largest absolute Gasteiger partial charge is 0.347 e. The summed E-state index contributed by atoms with van der Waals surface area (Å²) >= 11 is 6.12. The first-order valence-corrected chi connectivity index (χ1v) is 5.79. The summed E-state index contributed by atoms with van der Waals surface area (Å²) in [4.78, 5) is 24.7. The van der Waals surface area contributed by atoms with E-state index in [1.54, 1.807) is 11.0 Å². The van der Waals surface area contributed by atoms with Gasteiger partial charge in [-0.3, -0.25) is 9.59 Å². The molecule has 0 aromatic heterocycles. The van der Waals surface area contributed by atoms with E-state index in [1.807, 2.05) is 19.1 Å². The highest BCUT2D eigenvalue weighted by atomic mass is 35.5. The molecule has 2 amide bonds. The number of aryl methyl sites for hydroxylation is 1. The van der Waals surface area contributed by atoms with E-state index >= 15 is 0 Å². The molecule has 1 aromatic rings. The number of hydrogen-bond acceptors (Lipinski definition) is 2. The molecule has 4 nitrogen and oxygen atoms in total. The lowest BCUT2D eigenvalue weighted by molar-refractivity contribution is -0.123. The van der Waals surface area contributed by atoms with Crippen molar-refractivity contribution in [3.05, 3.63) is 28.8 Å². The van der Waals surface area contributed by atoms with Gasteiger partial charge in [0, 0.05) is 13.0 Å². The zero-order chi connectivity index (χ0) is 12.4. The van der Waals surface area contributed by atoms with Gasteiger partial charge in [0.1, 0.15) is 0 Å². The molecule has 0 atom stereocenters. The van der Waals surface area contributed by atoms with Crippen LogP contribution in [-0.4, -0.2) is 24.9 Å². The van der Waals surface area contributed by atoms with Crippen LogP contribution in [0.25, 0.3) is 0 Å². The van der Waals surface area contributed by atoms with Crippen LogP contribution < -0.4 is 10.2 Å². The Labute approximate surface area is 105 Å². The highest BCUT2D eigenvalue weighted by Gasteiger charge is 2.24. The van der Waals surface area contributed by atoms with Gasteiger partial charge in [-0.2, -0.15) is 0 Å². The molecule has 1 saturated heterocycles. The molecule has 1 N–H and O–H groups in total. The second-order valence-electron chi connectivity index (χ2n) is 3.98. The maximum Gasteiger partial charge on any atom is 0.246 e. The highest BCUT2D eigenvalue weighted by molar-refractivity contribution is 6.34. The van der Waals surface area contributed by atoms with Gasteiger partial charge in [-0.25, -0.2) is 0 Å². The molecule has 1 aliphatic heterocycles. The predicted octanol–water partition coefficient (Wildman–Crippen LogP) is 1.50. The van der Waals surface area contributed by atoms with Crippen LogP contribution in [0.15, 0.2) is 18.2 Å². The predicted molar refractivity (Wildman–Crippen MR) is 66.2 cm³/mol. The van der Waals surface area contributed by atoms with Gasteiger partial charge in [0.25, 0.3) is 0 Å². The van der Waals surface area contributed by atoms with E-state index in [4.69, 9.17) is 11.6 Å². The van der Waals surface area contributed by atoms with Crippen molar-refractivity contribution in [3.8, 4) is 0 Å². The van der Waals surface area contributed by atoms with Crippen LogP contribution in [0, 0.1) is 6.92 Å². The third kappa shape index (κ3) is 2.42. The molecule has 90 valence electrons. The maximum absolute atomic E-state index is 11.9. The molecule has 1 aromatic carbocycles. The summed E-state index contributed by atoms with van der Waals surface area (Å²) in [6, 6.07) is 5.48. The number of nitrogens with one attached hydrogen (secondary N) is 1. The number of carbonyl (C=O) groups is 2. The monoisotopic (exact) mass is 252 g/mol. The van der Waals surface area contributed by atoms with Crippen molar-refractivity contribution >= 4 is 29.1 Å². The first kappa shape index (κ1) is 11.9. The Balaban J connectivity index is 2.38. The highest BCUT2D eigenvalue weighted by Crippen LogP contribution is 2.30. The molecule has 2 rings (SSSR count). The smallest absolute Gasteiger partial charge is 0.246 e. The number of halogens is 1. The number of nitrogens with zero attached hydrogens (tertiary/aromatic N) is 1. The van der Waals surface area contributed by atoms with Crippen LogP contribution in [0.5, 0.6) is 0 Å². The van der Waals surface area contributed by atoms with Crippen LogP contribution in [0.2, 0.25) is 5.02 Å². The average molecular weight is 253 g/mol. The zero-order valence-electron chi connectivity index (χ0n) is 9.50. The summed E-state index contributed by atoms with van der Waals surface area (Å²) in [6.07, 6.45) is 0.302. The quantitative estimate of drug-likeness (QED) is 0.824. The van der Waals surface area contributed by atoms with Crippen molar-refractivity contribution < 1.29 is 9.59 Å². The van der Waals surface area contributed by atoms with Gasteiger partial charge in [-0.1, -0.05) is 23.7 Å². The van der Waals surface area contributed by atoms with E-state index in [9.17, 15) is 9.59 Å². The van der Waals surface area contributed by atoms with Crippen LogP contribution in [0.1, 0.15) is 12.0 Å². The molecule has 0 spiro atoms. The molecular formula is C12H13ClN2O2. The van der Waals surface area contributed by atoms with Crippen molar-refractivity contribution in [2.24, 2.45) is 0 Å². The zero-order valence-corrected chi connectivity index (χ0v) is 10.3. The molecule has 17 heavy (non-hydrogen) atoms. The third-order valence-electron chi connectivity index (χ3n) is 2.76. The lowest BCUT2D eigenvalue weighted by Crippen LogP contribution is -2.35. The number of anilines is 1. The number of para-hydroxylation sites is 1. The molecule has 0 bridgehead atoms. The Morgan fingerprint density at radius 3 is 2.82 bits per heavy atom. The van der Waals surface area contributed by atoms with Crippen molar-refractivity contribution in [1.29, 1.82) is 0 Å². The van der Waals surface area contributed by atoms with E-state index in [2.05, 4.69) is 5.32 Å². The fraction of sp³-hybridized carbons (Fsp3) is 0.333. The van der Waals surface area contributed by atoms with Crippen LogP contribution in [0.3, 0.4) is 0 Å². The second kappa shape index (κ2) is 4.75. The minimum atomic E-state index is -0.132. The minimum Gasteiger partial charge on any atom is -0.347 e. The van der Waals surface area contributed by atoms with Gasteiger partial charge in [-0.15, -0.1) is 0 Å². The Morgan fingerprint density at radius 1 is 1.35 bits per heavy atom. The Bertz CT molecular complexity index is 453. The summed E-state index contributed by atoms with van der Waals surface area (Å²) in [5.74, 6) is -0.238. The first-order valence-electron chi connectivity index (χ1n) is 5.42. The van der Waals surface area contributed by atoms with Gasteiger partial charge < -0.3 is 10.2 Å². The topological polar surface area (TPSA) is 49.4 Å². The van der Waals surface area contributed by atoms with Crippen LogP contribution in [0.4, 0.5) is 5.69 Å². The SMILES string of the molecule is Cc1cccc(Cl)c1N1CCC(=O)NCC1=O. The van der Waals surface area contributed by atoms with Gasteiger partial charge in [0.2, 0.25) is 11.8 Å². The number of carbonyl (C=O) groups excluding carboxylic acids is 2. The summed E-state index contributed by atoms with van der Waals surface area (Å²) in [5, 5.41) is 3.09. The third-order valence-corrected chi connectivity index (χ3v) is 3.06. The molecule has 0 unspecified atom stereocenters. The summed E-state index contributed by atoms with van der Waals surface area (Å²) < 4.78 is 0. The van der Waals surface area contributed by atoms with E-state index in [-0.39, 0.29) is 18.4 Å². The number of benzene rings is 1. The summed E-state index contributed by atoms with van der Waals surface area (Å²) in [7, 11) is 0. The normalized spacial score (nSPS) is 16.7. The fourth-order valence-corrected chi connectivity index (χ4v) is 2.22. The second-order valence-corrected chi connectivity index (χ2v) is 4.38. The van der Waals surface area contributed by atoms with Crippen molar-refractivity contribution in [1.82, 2.24) is 5.32 Å². The molecule has 1 heterocycles. The number of amides is 2. The van der Waals surface area contributed by atoms with E-state index in [0.29, 0.717) is 23.7 Å². The molecule has 5 heteroatoms. The van der Waals surface area contributed by atoms with Crippen LogP contribution >= 0.6 is 11.6 Å². The lowest BCUT2D eigenvalue weighted by atomic mass is 10.1. The maximum atomic E-state index is 11.9. The number of rotatable bonds is 1. The average Bonchev–Trinajstić information content (AvgIpc) is 2.44. The fourth-order valence-electron chi connectivity index (χ4n) is 1.90. The summed E-state index contributed by atoms with van der Waals surface area (Å²) in [5.41, 5.74) is 1.64. The molecule has 0 radical (unpaired) electrons.